The molecule has 0 bridgehead atoms. The Kier molecular flexibility index (Phi) is 7.59. The number of aryl methyl sites for hydroxylation is 2. The molecule has 0 fully saturated rings. The van der Waals surface area contributed by atoms with Crippen molar-refractivity contribution in [2.45, 2.75) is 38.9 Å². The fourth-order valence-corrected chi connectivity index (χ4v) is 4.35. The molecule has 2 aromatic heterocycles. The third-order valence-corrected chi connectivity index (χ3v) is 6.24. The average Bonchev–Trinajstić information content (AvgIpc) is 3.43. The lowest BCUT2D eigenvalue weighted by Gasteiger charge is -2.41. The number of aromatic nitrogens is 6. The molecule has 194 valence electrons. The number of aliphatic carboxylic acids is 1. The lowest BCUT2D eigenvalue weighted by atomic mass is 9.96. The fraction of sp³-hybridized carbons (Fsp3) is 0.269. The third-order valence-electron chi connectivity index (χ3n) is 6.24. The van der Waals surface area contributed by atoms with Crippen molar-refractivity contribution >= 4 is 22.8 Å². The Labute approximate surface area is 217 Å². The van der Waals surface area contributed by atoms with Crippen LogP contribution in [0.25, 0.3) is 10.9 Å². The second-order valence-corrected chi connectivity index (χ2v) is 8.82. The molecule has 1 unspecified atom stereocenters. The highest BCUT2D eigenvalue weighted by Crippen LogP contribution is 2.31. The molecule has 0 saturated carbocycles. The second-order valence-electron chi connectivity index (χ2n) is 8.82. The molecule has 12 nitrogen and oxygen atoms in total. The molecule has 0 aliphatic heterocycles. The van der Waals surface area contributed by atoms with E-state index in [9.17, 15) is 19.5 Å². The minimum atomic E-state index is -1.55. The standard InChI is InChI=1S/C26H26N8O4/c1-4-12-34(15-19-14-20-21(13-16(19)2)27-17(3)28-24(20)38)26(11-10-22(35)36,25-30-32-33-31-25)29-23(37)18-8-6-5-7-9-18/h1,5-9,13-14H,10-12,15H2,2-3H3,(H,29,37)(H,35,36)(H,27,28,38)(H,30,31,32,33). The number of tetrazole rings is 1. The van der Waals surface area contributed by atoms with Gasteiger partial charge in [-0.1, -0.05) is 29.3 Å². The van der Waals surface area contributed by atoms with Gasteiger partial charge in [0.2, 0.25) is 5.82 Å². The van der Waals surface area contributed by atoms with Crippen molar-refractivity contribution in [3.63, 3.8) is 0 Å². The summed E-state index contributed by atoms with van der Waals surface area (Å²) in [6.45, 7) is 3.69. The summed E-state index contributed by atoms with van der Waals surface area (Å²) >= 11 is 0. The molecule has 4 N–H and O–H groups in total. The first kappa shape index (κ1) is 26.2. The Bertz CT molecular complexity index is 1560. The van der Waals surface area contributed by atoms with E-state index in [4.69, 9.17) is 6.42 Å². The first-order valence-electron chi connectivity index (χ1n) is 11.8. The zero-order valence-corrected chi connectivity index (χ0v) is 20.9. The maximum absolute atomic E-state index is 13.4. The molecule has 1 atom stereocenters. The molecule has 12 heteroatoms. The number of carbonyl (C=O) groups excluding carboxylic acids is 1. The van der Waals surface area contributed by atoms with Crippen LogP contribution >= 0.6 is 0 Å². The lowest BCUT2D eigenvalue weighted by Crippen LogP contribution is -2.59. The van der Waals surface area contributed by atoms with Crippen molar-refractivity contribution in [2.75, 3.05) is 6.54 Å². The van der Waals surface area contributed by atoms with Crippen LogP contribution in [-0.2, 0) is 17.0 Å². The van der Waals surface area contributed by atoms with E-state index >= 15 is 0 Å². The van der Waals surface area contributed by atoms with E-state index in [0.29, 0.717) is 22.3 Å². The van der Waals surface area contributed by atoms with Crippen molar-refractivity contribution in [1.82, 2.24) is 40.8 Å². The quantitative estimate of drug-likeness (QED) is 0.181. The van der Waals surface area contributed by atoms with Crippen LogP contribution in [0.15, 0.2) is 47.3 Å². The van der Waals surface area contributed by atoms with Gasteiger partial charge in [-0.25, -0.2) is 4.98 Å². The second kappa shape index (κ2) is 11.0. The Balaban J connectivity index is 1.85. The number of hydrogen-bond donors (Lipinski definition) is 4. The first-order valence-corrected chi connectivity index (χ1v) is 11.8. The maximum atomic E-state index is 13.4. The molecular weight excluding hydrogens is 488 g/mol. The Morgan fingerprint density at radius 1 is 1.21 bits per heavy atom. The van der Waals surface area contributed by atoms with Gasteiger partial charge in [0.1, 0.15) is 5.82 Å². The molecule has 2 heterocycles. The molecule has 4 aromatic rings. The normalized spacial score (nSPS) is 12.7. The van der Waals surface area contributed by atoms with Gasteiger partial charge >= 0.3 is 5.97 Å². The number of carboxylic acids is 1. The van der Waals surface area contributed by atoms with Crippen molar-refractivity contribution in [1.29, 1.82) is 0 Å². The number of nitrogens with zero attached hydrogens (tertiary/aromatic N) is 5. The van der Waals surface area contributed by atoms with Crippen molar-refractivity contribution in [3.05, 3.63) is 81.2 Å². The number of terminal acetylenes is 1. The minimum absolute atomic E-state index is 0.0107. The van der Waals surface area contributed by atoms with E-state index in [1.807, 2.05) is 6.92 Å². The summed E-state index contributed by atoms with van der Waals surface area (Å²) in [5.41, 5.74) is 0.608. The molecule has 4 rings (SSSR count). The van der Waals surface area contributed by atoms with Gasteiger partial charge in [0.25, 0.3) is 11.5 Å². The smallest absolute Gasteiger partial charge is 0.303 e. The van der Waals surface area contributed by atoms with E-state index in [0.717, 1.165) is 11.1 Å². The molecule has 0 saturated heterocycles. The molecule has 0 aliphatic carbocycles. The number of aromatic amines is 2. The number of benzene rings is 2. The van der Waals surface area contributed by atoms with Crippen LogP contribution in [0.2, 0.25) is 0 Å². The highest BCUT2D eigenvalue weighted by Gasteiger charge is 2.44. The summed E-state index contributed by atoms with van der Waals surface area (Å²) < 4.78 is 0. The predicted molar refractivity (Wildman–Crippen MR) is 138 cm³/mol. The number of nitrogens with one attached hydrogen (secondary N) is 3. The van der Waals surface area contributed by atoms with Gasteiger partial charge < -0.3 is 15.4 Å². The summed E-state index contributed by atoms with van der Waals surface area (Å²) in [5.74, 6) is 1.58. The van der Waals surface area contributed by atoms with E-state index in [1.165, 1.54) is 0 Å². The Morgan fingerprint density at radius 2 is 1.97 bits per heavy atom. The van der Waals surface area contributed by atoms with Crippen LogP contribution < -0.4 is 10.9 Å². The van der Waals surface area contributed by atoms with Gasteiger partial charge in [-0.05, 0) is 49.2 Å². The van der Waals surface area contributed by atoms with Gasteiger partial charge in [0.15, 0.2) is 5.66 Å². The highest BCUT2D eigenvalue weighted by molar-refractivity contribution is 5.94. The molecule has 0 radical (unpaired) electrons. The largest absolute Gasteiger partial charge is 0.481 e. The van der Waals surface area contributed by atoms with E-state index in [2.05, 4.69) is 41.8 Å². The van der Waals surface area contributed by atoms with Crippen LogP contribution in [0, 0.1) is 26.2 Å². The summed E-state index contributed by atoms with van der Waals surface area (Å²) in [6, 6.07) is 12.0. The highest BCUT2D eigenvalue weighted by atomic mass is 16.4. The van der Waals surface area contributed by atoms with Gasteiger partial charge in [-0.15, -0.1) is 16.6 Å². The zero-order valence-electron chi connectivity index (χ0n) is 20.9. The number of fused-ring (bicyclic) bond motifs is 1. The molecule has 0 aliphatic rings. The SMILES string of the molecule is C#CCN(Cc1cc2c(=O)[nH]c(C)nc2cc1C)C(CCC(=O)O)(NC(=O)c1ccccc1)c1nn[nH]n1. The van der Waals surface area contributed by atoms with Gasteiger partial charge in [0.05, 0.1) is 17.4 Å². The van der Waals surface area contributed by atoms with E-state index < -0.39 is 17.5 Å². The third kappa shape index (κ3) is 5.42. The van der Waals surface area contributed by atoms with Crippen molar-refractivity contribution in [3.8, 4) is 12.3 Å². The van der Waals surface area contributed by atoms with E-state index in [1.54, 1.807) is 54.3 Å². The molecule has 0 spiro atoms. The topological polar surface area (TPSA) is 170 Å². The number of amides is 1. The van der Waals surface area contributed by atoms with E-state index in [-0.39, 0.29) is 37.3 Å². The fourth-order valence-electron chi connectivity index (χ4n) is 4.35. The summed E-state index contributed by atoms with van der Waals surface area (Å²) in [5, 5.41) is 27.2. The van der Waals surface area contributed by atoms with Gasteiger partial charge in [-0.3, -0.25) is 19.3 Å². The van der Waals surface area contributed by atoms with Crippen LogP contribution in [0.4, 0.5) is 0 Å². The monoisotopic (exact) mass is 514 g/mol. The van der Waals surface area contributed by atoms with Crippen LogP contribution in [-0.4, -0.2) is 59.0 Å². The van der Waals surface area contributed by atoms with Crippen LogP contribution in [0.1, 0.15) is 46.0 Å². The van der Waals surface area contributed by atoms with Gasteiger partial charge in [0, 0.05) is 24.9 Å². The average molecular weight is 515 g/mol. The number of H-pyrrole nitrogens is 2. The lowest BCUT2D eigenvalue weighted by molar-refractivity contribution is -0.138. The molecule has 2 aromatic carbocycles. The minimum Gasteiger partial charge on any atom is -0.481 e. The maximum Gasteiger partial charge on any atom is 0.303 e. The van der Waals surface area contributed by atoms with Crippen molar-refractivity contribution in [2.24, 2.45) is 0 Å². The number of carbonyl (C=O) groups is 2. The predicted octanol–water partition coefficient (Wildman–Crippen LogP) is 1.64. The number of carboxylic acid groups (broad SMARTS) is 1. The van der Waals surface area contributed by atoms with Gasteiger partial charge in [-0.2, -0.15) is 5.21 Å². The Hall–Kier alpha value is -4.89. The summed E-state index contributed by atoms with van der Waals surface area (Å²) in [4.78, 5) is 46.5. The summed E-state index contributed by atoms with van der Waals surface area (Å²) in [7, 11) is 0. The Morgan fingerprint density at radius 3 is 2.63 bits per heavy atom. The number of hydrogen-bond acceptors (Lipinski definition) is 8. The number of rotatable bonds is 10. The van der Waals surface area contributed by atoms with Crippen LogP contribution in [0.3, 0.4) is 0 Å². The molecule has 38 heavy (non-hydrogen) atoms. The molecular formula is C26H26N8O4. The van der Waals surface area contributed by atoms with Crippen molar-refractivity contribution < 1.29 is 14.7 Å². The first-order chi connectivity index (χ1) is 18.2. The zero-order chi connectivity index (χ0) is 27.3. The molecule has 1 amide bonds. The van der Waals surface area contributed by atoms with Crippen LogP contribution in [0.5, 0.6) is 0 Å². The summed E-state index contributed by atoms with van der Waals surface area (Å²) in [6.07, 6.45) is 5.31.